The molecule has 20 heavy (non-hydrogen) atoms. The highest BCUT2D eigenvalue weighted by Gasteiger charge is 2.39. The number of amides is 1. The van der Waals surface area contributed by atoms with E-state index in [1.165, 1.54) is 32.1 Å². The second kappa shape index (κ2) is 5.82. The molecule has 0 unspecified atom stereocenters. The van der Waals surface area contributed by atoms with Gasteiger partial charge in [0.25, 0.3) is 5.91 Å². The molecule has 4 nitrogen and oxygen atoms in total. The summed E-state index contributed by atoms with van der Waals surface area (Å²) in [5.41, 5.74) is 6.17. The van der Waals surface area contributed by atoms with Crippen LogP contribution in [0.15, 0.2) is 16.7 Å². The zero-order chi connectivity index (χ0) is 14.0. The van der Waals surface area contributed by atoms with Crippen molar-refractivity contribution in [3.63, 3.8) is 0 Å². The lowest BCUT2D eigenvalue weighted by Crippen LogP contribution is -2.49. The Morgan fingerprint density at radius 2 is 2.20 bits per heavy atom. The first kappa shape index (κ1) is 14.0. The predicted molar refractivity (Wildman–Crippen MR) is 80.8 cm³/mol. The monoisotopic (exact) mass is 294 g/mol. The molecular weight excluding hydrogens is 272 g/mol. The minimum Gasteiger partial charge on any atom is -0.467 e. The maximum absolute atomic E-state index is 12.6. The number of rotatable bonds is 2. The summed E-state index contributed by atoms with van der Waals surface area (Å²) in [6, 6.07) is 1.78. The summed E-state index contributed by atoms with van der Waals surface area (Å²) >= 11 is 2.08. The molecule has 2 fully saturated rings. The summed E-state index contributed by atoms with van der Waals surface area (Å²) in [7, 11) is 0. The van der Waals surface area contributed by atoms with E-state index in [2.05, 4.69) is 11.8 Å². The summed E-state index contributed by atoms with van der Waals surface area (Å²) in [4.78, 5) is 14.6. The van der Waals surface area contributed by atoms with E-state index in [1.54, 1.807) is 12.3 Å². The van der Waals surface area contributed by atoms with E-state index in [4.69, 9.17) is 10.2 Å². The maximum Gasteiger partial charge on any atom is 0.257 e. The molecule has 0 atom stereocenters. The second-order valence-electron chi connectivity index (χ2n) is 5.82. The molecule has 1 amide bonds. The highest BCUT2D eigenvalue weighted by atomic mass is 32.2. The third-order valence-corrected chi connectivity index (χ3v) is 5.94. The first-order valence-electron chi connectivity index (χ1n) is 7.43. The maximum atomic E-state index is 12.6. The van der Waals surface area contributed by atoms with Gasteiger partial charge in [0.1, 0.15) is 12.0 Å². The van der Waals surface area contributed by atoms with Gasteiger partial charge in [-0.25, -0.2) is 0 Å². The number of hydrogen-bond acceptors (Lipinski definition) is 4. The topological polar surface area (TPSA) is 59.5 Å². The van der Waals surface area contributed by atoms with Gasteiger partial charge in [0, 0.05) is 23.6 Å². The summed E-state index contributed by atoms with van der Waals surface area (Å²) < 4.78 is 5.60. The van der Waals surface area contributed by atoms with Gasteiger partial charge in [-0.15, -0.1) is 0 Å². The van der Waals surface area contributed by atoms with Gasteiger partial charge in [-0.2, -0.15) is 11.8 Å². The normalized spacial score (nSPS) is 22.1. The molecule has 2 heterocycles. The second-order valence-corrected chi connectivity index (χ2v) is 7.39. The van der Waals surface area contributed by atoms with E-state index < -0.39 is 0 Å². The van der Waals surface area contributed by atoms with Crippen molar-refractivity contribution in [1.82, 2.24) is 4.90 Å². The number of carbonyl (C=O) groups is 1. The van der Waals surface area contributed by atoms with Crippen molar-refractivity contribution in [3.8, 4) is 0 Å². The van der Waals surface area contributed by atoms with Gasteiger partial charge in [0.2, 0.25) is 0 Å². The molecule has 3 rings (SSSR count). The van der Waals surface area contributed by atoms with Gasteiger partial charge in [-0.1, -0.05) is 19.3 Å². The van der Waals surface area contributed by atoms with Crippen LogP contribution in [0, 0.1) is 0 Å². The van der Waals surface area contributed by atoms with Crippen molar-refractivity contribution in [2.24, 2.45) is 5.73 Å². The fraction of sp³-hybridized carbons (Fsp3) is 0.667. The van der Waals surface area contributed by atoms with E-state index in [0.717, 1.165) is 18.8 Å². The minimum atomic E-state index is 0.0960. The van der Waals surface area contributed by atoms with Crippen molar-refractivity contribution in [1.29, 1.82) is 0 Å². The van der Waals surface area contributed by atoms with Crippen molar-refractivity contribution < 1.29 is 9.21 Å². The molecule has 1 aromatic rings. The van der Waals surface area contributed by atoms with Crippen molar-refractivity contribution >= 4 is 17.7 Å². The Hall–Kier alpha value is -0.940. The van der Waals surface area contributed by atoms with E-state index in [9.17, 15) is 4.79 Å². The van der Waals surface area contributed by atoms with Crippen LogP contribution in [0.5, 0.6) is 0 Å². The first-order chi connectivity index (χ1) is 9.72. The SMILES string of the molecule is NCc1cc(C(=O)N2CCSC3(CCCCC3)C2)co1. The van der Waals surface area contributed by atoms with Crippen molar-refractivity contribution in [2.75, 3.05) is 18.8 Å². The molecule has 110 valence electrons. The van der Waals surface area contributed by atoms with E-state index in [0.29, 0.717) is 22.6 Å². The van der Waals surface area contributed by atoms with Crippen LogP contribution >= 0.6 is 11.8 Å². The Bertz CT molecular complexity index is 474. The van der Waals surface area contributed by atoms with Crippen LogP contribution in [0.25, 0.3) is 0 Å². The Morgan fingerprint density at radius 3 is 2.90 bits per heavy atom. The average molecular weight is 294 g/mol. The molecule has 5 heteroatoms. The fourth-order valence-electron chi connectivity index (χ4n) is 3.30. The standard InChI is InChI=1S/C15H22N2O2S/c16-9-13-8-12(10-19-13)14(18)17-6-7-20-15(11-17)4-2-1-3-5-15/h8,10H,1-7,9,11,16H2. The third-order valence-electron chi connectivity index (χ3n) is 4.40. The van der Waals surface area contributed by atoms with Crippen LogP contribution < -0.4 is 5.73 Å². The number of carbonyl (C=O) groups excluding carboxylic acids is 1. The quantitative estimate of drug-likeness (QED) is 0.911. The number of nitrogens with zero attached hydrogens (tertiary/aromatic N) is 1. The molecule has 0 radical (unpaired) electrons. The molecule has 0 bridgehead atoms. The van der Waals surface area contributed by atoms with Gasteiger partial charge >= 0.3 is 0 Å². The Balaban J connectivity index is 1.71. The summed E-state index contributed by atoms with van der Waals surface area (Å²) in [5, 5.41) is 0. The van der Waals surface area contributed by atoms with Crippen molar-refractivity contribution in [3.05, 3.63) is 23.7 Å². The van der Waals surface area contributed by atoms with Gasteiger partial charge < -0.3 is 15.1 Å². The highest BCUT2D eigenvalue weighted by Crippen LogP contribution is 2.42. The van der Waals surface area contributed by atoms with Gasteiger partial charge in [-0.3, -0.25) is 4.79 Å². The van der Waals surface area contributed by atoms with Gasteiger partial charge in [0.05, 0.1) is 12.1 Å². The first-order valence-corrected chi connectivity index (χ1v) is 8.42. The number of furan rings is 1. The van der Waals surface area contributed by atoms with Crippen LogP contribution in [0.1, 0.15) is 48.2 Å². The molecule has 2 aliphatic rings. The Labute approximate surface area is 124 Å². The van der Waals surface area contributed by atoms with Crippen LogP contribution in [-0.2, 0) is 6.54 Å². The van der Waals surface area contributed by atoms with E-state index in [1.807, 2.05) is 4.90 Å². The third kappa shape index (κ3) is 2.74. The number of thioether (sulfide) groups is 1. The summed E-state index contributed by atoms with van der Waals surface area (Å²) in [6.07, 6.45) is 8.00. The van der Waals surface area contributed by atoms with Gasteiger partial charge in [0.15, 0.2) is 0 Å². The highest BCUT2D eigenvalue weighted by molar-refractivity contribution is 8.00. The predicted octanol–water partition coefficient (Wildman–Crippen LogP) is 2.63. The lowest BCUT2D eigenvalue weighted by atomic mass is 9.87. The zero-order valence-electron chi connectivity index (χ0n) is 11.8. The van der Waals surface area contributed by atoms with Crippen LogP contribution in [0.2, 0.25) is 0 Å². The Morgan fingerprint density at radius 1 is 1.40 bits per heavy atom. The lowest BCUT2D eigenvalue weighted by molar-refractivity contribution is 0.0729. The van der Waals surface area contributed by atoms with E-state index in [-0.39, 0.29) is 5.91 Å². The summed E-state index contributed by atoms with van der Waals surface area (Å²) in [5.74, 6) is 1.82. The molecule has 0 aromatic carbocycles. The van der Waals surface area contributed by atoms with Crippen LogP contribution in [-0.4, -0.2) is 34.4 Å². The van der Waals surface area contributed by atoms with Crippen molar-refractivity contribution in [2.45, 2.75) is 43.4 Å². The fourth-order valence-corrected chi connectivity index (χ4v) is 4.87. The molecule has 1 aliphatic heterocycles. The molecular formula is C15H22N2O2S. The summed E-state index contributed by atoms with van der Waals surface area (Å²) in [6.45, 7) is 2.07. The molecule has 1 saturated carbocycles. The molecule has 1 aromatic heterocycles. The number of hydrogen-bond donors (Lipinski definition) is 1. The largest absolute Gasteiger partial charge is 0.467 e. The average Bonchev–Trinajstić information content (AvgIpc) is 2.96. The van der Waals surface area contributed by atoms with Crippen LogP contribution in [0.4, 0.5) is 0 Å². The minimum absolute atomic E-state index is 0.0960. The Kier molecular flexibility index (Phi) is 4.08. The molecule has 1 spiro atoms. The van der Waals surface area contributed by atoms with E-state index >= 15 is 0 Å². The molecule has 1 aliphatic carbocycles. The zero-order valence-corrected chi connectivity index (χ0v) is 12.6. The molecule has 1 saturated heterocycles. The van der Waals surface area contributed by atoms with Gasteiger partial charge in [-0.05, 0) is 18.9 Å². The van der Waals surface area contributed by atoms with Crippen LogP contribution in [0.3, 0.4) is 0 Å². The molecule has 2 N–H and O–H groups in total. The lowest BCUT2D eigenvalue weighted by Gasteiger charge is -2.44. The smallest absolute Gasteiger partial charge is 0.257 e. The number of nitrogens with two attached hydrogens (primary N) is 1.